The number of benzene rings is 4. The summed E-state index contributed by atoms with van der Waals surface area (Å²) in [6.07, 6.45) is 1.22. The first-order valence-corrected chi connectivity index (χ1v) is 12.6. The third-order valence-electron chi connectivity index (χ3n) is 6.25. The Labute approximate surface area is 233 Å². The van der Waals surface area contributed by atoms with Gasteiger partial charge in [-0.15, -0.1) is 0 Å². The van der Waals surface area contributed by atoms with Crippen molar-refractivity contribution in [2.75, 3.05) is 0 Å². The first kappa shape index (κ1) is 26.6. The van der Waals surface area contributed by atoms with Crippen molar-refractivity contribution in [3.8, 4) is 0 Å². The largest absolute Gasteiger partial charge is 0.502 e. The molecular weight excluding hydrogens is 533 g/mol. The van der Waals surface area contributed by atoms with E-state index >= 15 is 0 Å². The number of ketones is 1. The van der Waals surface area contributed by atoms with E-state index in [1.807, 2.05) is 12.1 Å². The van der Waals surface area contributed by atoms with Gasteiger partial charge < -0.3 is 9.84 Å². The second-order valence-corrected chi connectivity index (χ2v) is 9.32. The first-order valence-electron chi connectivity index (χ1n) is 12.2. The number of hydrogen-bond donors (Lipinski definition) is 1. The van der Waals surface area contributed by atoms with Gasteiger partial charge in [0.15, 0.2) is 11.9 Å². The SMILES string of the molecule is O=C(OC(c1ccccc1)c1ccccc1)/C(O)=C/C(=O)c1cn(C(=O)c2ccc(F)cc2)c2ccc(Cl)cc12. The molecule has 0 saturated carbocycles. The topological polar surface area (TPSA) is 85.6 Å². The van der Waals surface area contributed by atoms with Crippen molar-refractivity contribution in [2.24, 2.45) is 0 Å². The van der Waals surface area contributed by atoms with Crippen molar-refractivity contribution in [2.45, 2.75) is 6.10 Å². The summed E-state index contributed by atoms with van der Waals surface area (Å²) in [4.78, 5) is 39.3. The number of rotatable bonds is 7. The quantitative estimate of drug-likeness (QED) is 0.101. The number of ether oxygens (including phenoxy) is 1. The molecule has 8 heteroatoms. The molecule has 0 saturated heterocycles. The zero-order chi connectivity index (χ0) is 28.2. The molecule has 0 aliphatic rings. The van der Waals surface area contributed by atoms with E-state index in [-0.39, 0.29) is 11.1 Å². The maximum Gasteiger partial charge on any atom is 0.374 e. The molecule has 0 amide bonds. The molecule has 1 aromatic heterocycles. The average molecular weight is 554 g/mol. The second-order valence-electron chi connectivity index (χ2n) is 8.89. The Balaban J connectivity index is 1.46. The predicted molar refractivity (Wildman–Crippen MR) is 149 cm³/mol. The lowest BCUT2D eigenvalue weighted by Gasteiger charge is -2.18. The van der Waals surface area contributed by atoms with E-state index < -0.39 is 35.3 Å². The first-order chi connectivity index (χ1) is 19.3. The number of hydrogen-bond acceptors (Lipinski definition) is 5. The number of halogens is 2. The van der Waals surface area contributed by atoms with Gasteiger partial charge in [0.1, 0.15) is 5.82 Å². The van der Waals surface area contributed by atoms with E-state index in [9.17, 15) is 23.9 Å². The van der Waals surface area contributed by atoms with Gasteiger partial charge in [-0.3, -0.25) is 14.2 Å². The van der Waals surface area contributed by atoms with E-state index in [1.165, 1.54) is 29.0 Å². The molecule has 0 radical (unpaired) electrons. The molecule has 40 heavy (non-hydrogen) atoms. The molecule has 0 atom stereocenters. The van der Waals surface area contributed by atoms with Crippen LogP contribution < -0.4 is 0 Å². The molecule has 0 bridgehead atoms. The number of esters is 1. The molecule has 4 aromatic carbocycles. The number of allylic oxidation sites excluding steroid dienone is 1. The molecule has 1 N–H and O–H groups in total. The van der Waals surface area contributed by atoms with Crippen LogP contribution in [0.1, 0.15) is 37.9 Å². The van der Waals surface area contributed by atoms with Gasteiger partial charge in [0.05, 0.1) is 5.52 Å². The van der Waals surface area contributed by atoms with Gasteiger partial charge in [-0.05, 0) is 53.6 Å². The third-order valence-corrected chi connectivity index (χ3v) is 6.48. The van der Waals surface area contributed by atoms with Gasteiger partial charge >= 0.3 is 5.97 Å². The lowest BCUT2D eigenvalue weighted by molar-refractivity contribution is -0.145. The van der Waals surface area contributed by atoms with Crippen molar-refractivity contribution in [1.82, 2.24) is 4.57 Å². The molecule has 0 aliphatic heterocycles. The minimum absolute atomic E-state index is 0.0231. The highest BCUT2D eigenvalue weighted by Gasteiger charge is 2.24. The van der Waals surface area contributed by atoms with Gasteiger partial charge in [-0.2, -0.15) is 0 Å². The van der Waals surface area contributed by atoms with Gasteiger partial charge in [-0.25, -0.2) is 9.18 Å². The van der Waals surface area contributed by atoms with Crippen LogP contribution in [-0.4, -0.2) is 27.3 Å². The fraction of sp³-hybridized carbons (Fsp3) is 0.0312. The van der Waals surface area contributed by atoms with Crippen LogP contribution in [0, 0.1) is 5.82 Å². The highest BCUT2D eigenvalue weighted by atomic mass is 35.5. The average Bonchev–Trinajstić information content (AvgIpc) is 3.35. The molecule has 0 unspecified atom stereocenters. The molecule has 0 fully saturated rings. The Morgan fingerprint density at radius 1 is 0.850 bits per heavy atom. The normalized spacial score (nSPS) is 11.5. The van der Waals surface area contributed by atoms with Crippen LogP contribution in [0.3, 0.4) is 0 Å². The summed E-state index contributed by atoms with van der Waals surface area (Å²) >= 11 is 6.16. The summed E-state index contributed by atoms with van der Waals surface area (Å²) in [5.41, 5.74) is 1.94. The van der Waals surface area contributed by atoms with E-state index in [2.05, 4.69) is 0 Å². The molecule has 6 nitrogen and oxygen atoms in total. The van der Waals surface area contributed by atoms with E-state index in [0.717, 1.165) is 18.2 Å². The number of carbonyl (C=O) groups excluding carboxylic acids is 3. The highest BCUT2D eigenvalue weighted by Crippen LogP contribution is 2.29. The van der Waals surface area contributed by atoms with Crippen LogP contribution in [0.15, 0.2) is 121 Å². The lowest BCUT2D eigenvalue weighted by Crippen LogP contribution is -2.15. The van der Waals surface area contributed by atoms with Crippen LogP contribution in [0.2, 0.25) is 5.02 Å². The fourth-order valence-electron chi connectivity index (χ4n) is 4.31. The number of aliphatic hydroxyl groups excluding tert-OH is 1. The maximum atomic E-state index is 13.4. The summed E-state index contributed by atoms with van der Waals surface area (Å²) in [5.74, 6) is -3.76. The molecule has 5 aromatic rings. The third kappa shape index (κ3) is 5.55. The van der Waals surface area contributed by atoms with Gasteiger partial charge in [0.2, 0.25) is 5.76 Å². The summed E-state index contributed by atoms with van der Waals surface area (Å²) in [6, 6.07) is 27.6. The van der Waals surface area contributed by atoms with Gasteiger partial charge in [0, 0.05) is 33.8 Å². The van der Waals surface area contributed by atoms with E-state index in [1.54, 1.807) is 60.7 Å². The van der Waals surface area contributed by atoms with Crippen LogP contribution in [-0.2, 0) is 9.53 Å². The highest BCUT2D eigenvalue weighted by molar-refractivity contribution is 6.32. The Morgan fingerprint density at radius 3 is 2.05 bits per heavy atom. The van der Waals surface area contributed by atoms with Crippen molar-refractivity contribution >= 4 is 40.2 Å². The monoisotopic (exact) mass is 553 g/mol. The number of aliphatic hydroxyl groups is 1. The lowest BCUT2D eigenvalue weighted by atomic mass is 10.0. The number of carbonyl (C=O) groups is 3. The van der Waals surface area contributed by atoms with Crippen molar-refractivity contribution < 1.29 is 28.6 Å². The Bertz CT molecular complexity index is 1710. The smallest absolute Gasteiger partial charge is 0.374 e. The minimum Gasteiger partial charge on any atom is -0.502 e. The Kier molecular flexibility index (Phi) is 7.57. The summed E-state index contributed by atoms with van der Waals surface area (Å²) in [7, 11) is 0. The van der Waals surface area contributed by atoms with Crippen LogP contribution in [0.5, 0.6) is 0 Å². The van der Waals surface area contributed by atoms with Crippen molar-refractivity contribution in [1.29, 1.82) is 0 Å². The Morgan fingerprint density at radius 2 is 1.45 bits per heavy atom. The molecule has 5 rings (SSSR count). The van der Waals surface area contributed by atoms with Gasteiger partial charge in [-0.1, -0.05) is 72.3 Å². The fourth-order valence-corrected chi connectivity index (χ4v) is 4.48. The predicted octanol–water partition coefficient (Wildman–Crippen LogP) is 7.08. The van der Waals surface area contributed by atoms with Crippen LogP contribution in [0.4, 0.5) is 4.39 Å². The summed E-state index contributed by atoms with van der Waals surface area (Å²) < 4.78 is 20.2. The molecule has 1 heterocycles. The minimum atomic E-state index is -1.10. The number of aromatic nitrogens is 1. The molecule has 198 valence electrons. The standard InChI is InChI=1S/C32H21ClFNO5/c33-23-13-16-27-25(17-23)26(19-35(27)31(38)22-11-14-24(34)15-12-22)28(36)18-29(37)32(39)40-30(20-7-3-1-4-8-20)21-9-5-2-6-10-21/h1-19,30,37H/b29-18-. The second kappa shape index (κ2) is 11.4. The van der Waals surface area contributed by atoms with E-state index in [4.69, 9.17) is 16.3 Å². The zero-order valence-corrected chi connectivity index (χ0v) is 21.6. The van der Waals surface area contributed by atoms with Crippen molar-refractivity contribution in [3.63, 3.8) is 0 Å². The Hall–Kier alpha value is -5.01. The number of fused-ring (bicyclic) bond motifs is 1. The molecule has 0 spiro atoms. The summed E-state index contributed by atoms with van der Waals surface area (Å²) in [6.45, 7) is 0. The molecule has 0 aliphatic carbocycles. The van der Waals surface area contributed by atoms with Crippen LogP contribution >= 0.6 is 11.6 Å². The molecular formula is C32H21ClFNO5. The maximum absolute atomic E-state index is 13.4. The van der Waals surface area contributed by atoms with Crippen molar-refractivity contribution in [3.05, 3.63) is 154 Å². The number of nitrogens with zero attached hydrogens (tertiary/aromatic N) is 1. The van der Waals surface area contributed by atoms with Crippen LogP contribution in [0.25, 0.3) is 10.9 Å². The summed E-state index contributed by atoms with van der Waals surface area (Å²) in [5, 5.41) is 11.2. The van der Waals surface area contributed by atoms with Gasteiger partial charge in [0.25, 0.3) is 5.91 Å². The zero-order valence-electron chi connectivity index (χ0n) is 20.8. The van der Waals surface area contributed by atoms with E-state index in [0.29, 0.717) is 27.1 Å².